The Bertz CT molecular complexity index is 1150. The summed E-state index contributed by atoms with van der Waals surface area (Å²) in [6.45, 7) is 4.48. The molecule has 30 heavy (non-hydrogen) atoms. The molecule has 1 aliphatic heterocycles. The van der Waals surface area contributed by atoms with Crippen molar-refractivity contribution in [2.24, 2.45) is 0 Å². The summed E-state index contributed by atoms with van der Waals surface area (Å²) in [4.78, 5) is 0. The number of aromatic nitrogens is 2. The van der Waals surface area contributed by atoms with Crippen molar-refractivity contribution in [3.63, 3.8) is 0 Å². The average Bonchev–Trinajstić information content (AvgIpc) is 3.10. The van der Waals surface area contributed by atoms with Crippen LogP contribution in [0.4, 0.5) is 15.8 Å². The van der Waals surface area contributed by atoms with Gasteiger partial charge in [0.25, 0.3) is 0 Å². The van der Waals surface area contributed by atoms with Crippen LogP contribution in [0.15, 0.2) is 42.5 Å². The first-order chi connectivity index (χ1) is 14.3. The lowest BCUT2D eigenvalue weighted by molar-refractivity contribution is 0.112. The van der Waals surface area contributed by atoms with Crippen molar-refractivity contribution < 1.29 is 17.9 Å². The van der Waals surface area contributed by atoms with E-state index in [1.165, 1.54) is 16.4 Å². The molecule has 0 spiro atoms. The number of aliphatic hydroxyl groups is 1. The maximum atomic E-state index is 13.2. The predicted octanol–water partition coefficient (Wildman–Crippen LogP) is 3.59. The van der Waals surface area contributed by atoms with Gasteiger partial charge >= 0.3 is 10.2 Å². The second kappa shape index (κ2) is 7.98. The fourth-order valence-corrected chi connectivity index (χ4v) is 5.17. The zero-order chi connectivity index (χ0) is 21.5. The first-order valence-corrected chi connectivity index (χ1v) is 11.4. The molecule has 0 bridgehead atoms. The lowest BCUT2D eigenvalue weighted by Gasteiger charge is -2.28. The van der Waals surface area contributed by atoms with Gasteiger partial charge in [-0.2, -0.15) is 17.8 Å². The van der Waals surface area contributed by atoms with Gasteiger partial charge in [0.05, 0.1) is 17.3 Å². The van der Waals surface area contributed by atoms with Crippen LogP contribution < -0.4 is 5.32 Å². The molecule has 2 N–H and O–H groups in total. The molecule has 4 rings (SSSR count). The molecule has 0 unspecified atom stereocenters. The summed E-state index contributed by atoms with van der Waals surface area (Å²) < 4.78 is 42.1. The Labute approximate surface area is 175 Å². The number of rotatable bonds is 5. The van der Waals surface area contributed by atoms with E-state index < -0.39 is 16.3 Å². The van der Waals surface area contributed by atoms with Gasteiger partial charge in [0.15, 0.2) is 0 Å². The number of benzene rings is 2. The SMILES string of the molecule is CC(C)c1nn(S(=O)(=O)N2CCC(O)CC2)c2ccc(Nc3ccc(F)cc3)cc12. The van der Waals surface area contributed by atoms with Crippen LogP contribution >= 0.6 is 0 Å². The first kappa shape index (κ1) is 20.8. The average molecular weight is 433 g/mol. The first-order valence-electron chi connectivity index (χ1n) is 9.99. The van der Waals surface area contributed by atoms with Gasteiger partial charge in [0, 0.05) is 29.9 Å². The van der Waals surface area contributed by atoms with Gasteiger partial charge in [-0.15, -0.1) is 4.09 Å². The summed E-state index contributed by atoms with van der Waals surface area (Å²) >= 11 is 0. The molecule has 0 aliphatic carbocycles. The Kier molecular flexibility index (Phi) is 5.52. The van der Waals surface area contributed by atoms with Crippen LogP contribution in [-0.2, 0) is 10.2 Å². The second-order valence-electron chi connectivity index (χ2n) is 7.88. The highest BCUT2D eigenvalue weighted by molar-refractivity contribution is 7.87. The topological polar surface area (TPSA) is 87.5 Å². The number of anilines is 2. The number of aliphatic hydroxyl groups excluding tert-OH is 1. The van der Waals surface area contributed by atoms with Gasteiger partial charge in [-0.3, -0.25) is 0 Å². The molecule has 2 heterocycles. The zero-order valence-electron chi connectivity index (χ0n) is 16.9. The van der Waals surface area contributed by atoms with Crippen molar-refractivity contribution in [2.45, 2.75) is 38.7 Å². The number of piperidine rings is 1. The van der Waals surface area contributed by atoms with Crippen molar-refractivity contribution in [3.8, 4) is 0 Å². The lowest BCUT2D eigenvalue weighted by Crippen LogP contribution is -2.43. The van der Waals surface area contributed by atoms with Crippen LogP contribution in [0.25, 0.3) is 10.9 Å². The van der Waals surface area contributed by atoms with Crippen LogP contribution in [0.5, 0.6) is 0 Å². The van der Waals surface area contributed by atoms with E-state index in [1.807, 2.05) is 19.9 Å². The molecule has 160 valence electrons. The number of nitrogens with zero attached hydrogens (tertiary/aromatic N) is 3. The highest BCUT2D eigenvalue weighted by atomic mass is 32.2. The third kappa shape index (κ3) is 3.92. The molecule has 2 aromatic carbocycles. The molecular formula is C21H25FN4O3S. The monoisotopic (exact) mass is 432 g/mol. The van der Waals surface area contributed by atoms with Gasteiger partial charge in [-0.1, -0.05) is 13.8 Å². The largest absolute Gasteiger partial charge is 0.393 e. The van der Waals surface area contributed by atoms with Crippen LogP contribution in [0.3, 0.4) is 0 Å². The third-order valence-electron chi connectivity index (χ3n) is 5.33. The van der Waals surface area contributed by atoms with Crippen LogP contribution in [-0.4, -0.2) is 46.2 Å². The Hall–Kier alpha value is -2.49. The van der Waals surface area contributed by atoms with Gasteiger partial charge in [0.2, 0.25) is 0 Å². The van der Waals surface area contributed by atoms with Gasteiger partial charge < -0.3 is 10.4 Å². The Morgan fingerprint density at radius 3 is 2.37 bits per heavy atom. The molecule has 0 atom stereocenters. The summed E-state index contributed by atoms with van der Waals surface area (Å²) in [5.74, 6) is -0.289. The second-order valence-corrected chi connectivity index (χ2v) is 9.64. The van der Waals surface area contributed by atoms with E-state index in [4.69, 9.17) is 0 Å². The molecule has 7 nitrogen and oxygen atoms in total. The quantitative estimate of drug-likeness (QED) is 0.643. The highest BCUT2D eigenvalue weighted by Gasteiger charge is 2.31. The summed E-state index contributed by atoms with van der Waals surface area (Å²) in [5.41, 5.74) is 2.69. The minimum Gasteiger partial charge on any atom is -0.393 e. The Morgan fingerprint density at radius 2 is 1.73 bits per heavy atom. The Balaban J connectivity index is 1.74. The maximum Gasteiger partial charge on any atom is 0.323 e. The highest BCUT2D eigenvalue weighted by Crippen LogP contribution is 2.31. The van der Waals surface area contributed by atoms with Crippen LogP contribution in [0.1, 0.15) is 38.3 Å². The van der Waals surface area contributed by atoms with E-state index in [2.05, 4.69) is 10.4 Å². The molecule has 1 fully saturated rings. The standard InChI is InChI=1S/C21H25FN4O3S/c1-14(2)21-19-13-17(23-16-5-3-15(22)4-6-16)7-8-20(19)26(24-21)30(28,29)25-11-9-18(27)10-12-25/h3-8,13-14,18,23,27H,9-12H2,1-2H3. The number of hydrogen-bond acceptors (Lipinski definition) is 5. The van der Waals surface area contributed by atoms with E-state index in [0.29, 0.717) is 24.1 Å². The van der Waals surface area contributed by atoms with Gasteiger partial charge in [-0.05, 0) is 61.2 Å². The molecule has 3 aromatic rings. The van der Waals surface area contributed by atoms with E-state index in [9.17, 15) is 17.9 Å². The number of fused-ring (bicyclic) bond motifs is 1. The van der Waals surface area contributed by atoms with Gasteiger partial charge in [-0.25, -0.2) is 4.39 Å². The number of nitrogens with one attached hydrogen (secondary N) is 1. The van der Waals surface area contributed by atoms with E-state index in [1.54, 1.807) is 24.3 Å². The van der Waals surface area contributed by atoms with Crippen molar-refractivity contribution in [2.75, 3.05) is 18.4 Å². The molecule has 0 amide bonds. The number of halogens is 1. The van der Waals surface area contributed by atoms with Crippen LogP contribution in [0.2, 0.25) is 0 Å². The minimum atomic E-state index is -3.84. The van der Waals surface area contributed by atoms with Crippen molar-refractivity contribution >= 4 is 32.5 Å². The fourth-order valence-electron chi connectivity index (χ4n) is 3.68. The molecule has 1 aliphatic rings. The fraction of sp³-hybridized carbons (Fsp3) is 0.381. The molecule has 0 saturated carbocycles. The third-order valence-corrected chi connectivity index (χ3v) is 7.06. The summed E-state index contributed by atoms with van der Waals surface area (Å²) in [6.07, 6.45) is 0.375. The molecule has 9 heteroatoms. The molecule has 1 saturated heterocycles. The van der Waals surface area contributed by atoms with E-state index >= 15 is 0 Å². The smallest absolute Gasteiger partial charge is 0.323 e. The van der Waals surface area contributed by atoms with Crippen molar-refractivity contribution in [1.82, 2.24) is 13.5 Å². The van der Waals surface area contributed by atoms with Gasteiger partial charge in [0.1, 0.15) is 5.82 Å². The lowest BCUT2D eigenvalue weighted by atomic mass is 10.1. The minimum absolute atomic E-state index is 0.0215. The van der Waals surface area contributed by atoms with Crippen molar-refractivity contribution in [1.29, 1.82) is 0 Å². The normalized spacial score (nSPS) is 16.4. The molecule has 0 radical (unpaired) electrons. The summed E-state index contributed by atoms with van der Waals surface area (Å²) in [5, 5.41) is 18.1. The van der Waals surface area contributed by atoms with Crippen molar-refractivity contribution in [3.05, 3.63) is 54.0 Å². The number of hydrogen-bond donors (Lipinski definition) is 2. The van der Waals surface area contributed by atoms with E-state index in [-0.39, 0.29) is 24.8 Å². The molecular weight excluding hydrogens is 407 g/mol. The maximum absolute atomic E-state index is 13.2. The van der Waals surface area contributed by atoms with Crippen LogP contribution in [0, 0.1) is 5.82 Å². The Morgan fingerprint density at radius 1 is 1.10 bits per heavy atom. The molecule has 1 aromatic heterocycles. The summed E-state index contributed by atoms with van der Waals surface area (Å²) in [7, 11) is -3.84. The predicted molar refractivity (Wildman–Crippen MR) is 115 cm³/mol. The summed E-state index contributed by atoms with van der Waals surface area (Å²) in [6, 6.07) is 11.4. The zero-order valence-corrected chi connectivity index (χ0v) is 17.7. The van der Waals surface area contributed by atoms with E-state index in [0.717, 1.165) is 20.8 Å².